The van der Waals surface area contributed by atoms with Gasteiger partial charge in [-0.3, -0.25) is 0 Å². The summed E-state index contributed by atoms with van der Waals surface area (Å²) >= 11 is 1.50. The first-order valence-corrected chi connectivity index (χ1v) is 8.40. The van der Waals surface area contributed by atoms with Crippen LogP contribution in [0.3, 0.4) is 0 Å². The van der Waals surface area contributed by atoms with E-state index in [1.54, 1.807) is 13.2 Å². The smallest absolute Gasteiger partial charge is 0.137 e. The number of methoxy groups -OCH3 is 1. The third kappa shape index (κ3) is 3.45. The maximum atomic E-state index is 14.4. The highest BCUT2D eigenvalue weighted by Gasteiger charge is 2.20. The Morgan fingerprint density at radius 2 is 1.82 bits per heavy atom. The Balaban J connectivity index is 1.87. The van der Waals surface area contributed by atoms with Crippen molar-refractivity contribution in [3.63, 3.8) is 0 Å². The lowest BCUT2D eigenvalue weighted by Crippen LogP contribution is -2.26. The molecule has 0 unspecified atom stereocenters. The number of benzene rings is 2. The van der Waals surface area contributed by atoms with E-state index in [1.807, 2.05) is 30.3 Å². The molecular weight excluding hydrogens is 297 g/mol. The topological polar surface area (TPSA) is 21.3 Å². The molecule has 1 heterocycles. The van der Waals surface area contributed by atoms with E-state index in [0.717, 1.165) is 47.0 Å². The zero-order valence-corrected chi connectivity index (χ0v) is 13.5. The van der Waals surface area contributed by atoms with E-state index < -0.39 is 0 Å². The molecule has 0 spiro atoms. The first-order valence-electron chi connectivity index (χ1n) is 7.59. The number of piperidine rings is 1. The molecule has 1 aliphatic heterocycles. The van der Waals surface area contributed by atoms with E-state index in [9.17, 15) is 4.39 Å². The minimum absolute atomic E-state index is 0.128. The Morgan fingerprint density at radius 3 is 2.50 bits per heavy atom. The van der Waals surface area contributed by atoms with E-state index in [1.165, 1.54) is 11.8 Å². The summed E-state index contributed by atoms with van der Waals surface area (Å²) in [6.45, 7) is 2.02. The third-order valence-corrected chi connectivity index (χ3v) is 5.20. The van der Waals surface area contributed by atoms with E-state index >= 15 is 0 Å². The van der Waals surface area contributed by atoms with Crippen LogP contribution < -0.4 is 10.1 Å². The monoisotopic (exact) mass is 317 g/mol. The van der Waals surface area contributed by atoms with Crippen molar-refractivity contribution in [1.82, 2.24) is 5.32 Å². The van der Waals surface area contributed by atoms with Crippen molar-refractivity contribution in [3.8, 4) is 5.75 Å². The van der Waals surface area contributed by atoms with Gasteiger partial charge in [0.25, 0.3) is 0 Å². The van der Waals surface area contributed by atoms with Gasteiger partial charge in [0, 0.05) is 4.90 Å². The predicted molar refractivity (Wildman–Crippen MR) is 88.4 cm³/mol. The lowest BCUT2D eigenvalue weighted by atomic mass is 9.90. The second-order valence-electron chi connectivity index (χ2n) is 5.46. The van der Waals surface area contributed by atoms with Crippen LogP contribution in [-0.2, 0) is 0 Å². The quantitative estimate of drug-likeness (QED) is 0.900. The predicted octanol–water partition coefficient (Wildman–Crippen LogP) is 4.45. The largest absolute Gasteiger partial charge is 0.497 e. The normalized spacial score (nSPS) is 15.7. The van der Waals surface area contributed by atoms with Crippen molar-refractivity contribution in [2.24, 2.45) is 0 Å². The third-order valence-electron chi connectivity index (χ3n) is 4.06. The van der Waals surface area contributed by atoms with Gasteiger partial charge in [0.15, 0.2) is 0 Å². The fraction of sp³-hybridized carbons (Fsp3) is 0.333. The maximum Gasteiger partial charge on any atom is 0.137 e. The second-order valence-corrected chi connectivity index (χ2v) is 6.54. The van der Waals surface area contributed by atoms with Crippen LogP contribution in [0, 0.1) is 5.82 Å². The Bertz CT molecular complexity index is 623. The molecule has 0 saturated carbocycles. The highest BCUT2D eigenvalue weighted by atomic mass is 32.2. The van der Waals surface area contributed by atoms with Gasteiger partial charge in [0.05, 0.1) is 12.0 Å². The summed E-state index contributed by atoms with van der Waals surface area (Å²) in [7, 11) is 1.65. The van der Waals surface area contributed by atoms with Crippen LogP contribution in [0.5, 0.6) is 5.75 Å². The summed E-state index contributed by atoms with van der Waals surface area (Å²) in [4.78, 5) is 1.79. The van der Waals surface area contributed by atoms with Crippen LogP contribution in [0.4, 0.5) is 4.39 Å². The zero-order valence-electron chi connectivity index (χ0n) is 12.6. The Morgan fingerprint density at radius 1 is 1.09 bits per heavy atom. The molecule has 0 radical (unpaired) electrons. The molecule has 1 saturated heterocycles. The van der Waals surface area contributed by atoms with Gasteiger partial charge in [0.2, 0.25) is 0 Å². The average Bonchev–Trinajstić information content (AvgIpc) is 2.58. The number of ether oxygens (including phenoxy) is 1. The van der Waals surface area contributed by atoms with Crippen molar-refractivity contribution in [2.45, 2.75) is 28.6 Å². The lowest BCUT2D eigenvalue weighted by molar-refractivity contribution is 0.414. The standard InChI is InChI=1S/C18H20FNOS/c1-21-14-5-7-15(8-6-14)22-18-16(3-2-4-17(18)19)13-9-11-20-12-10-13/h2-8,13,20H,9-12H2,1H3. The van der Waals surface area contributed by atoms with E-state index in [0.29, 0.717) is 5.92 Å². The second kappa shape index (κ2) is 7.16. The fourth-order valence-electron chi connectivity index (χ4n) is 2.85. The lowest BCUT2D eigenvalue weighted by Gasteiger charge is -2.25. The Labute approximate surface area is 135 Å². The molecule has 0 aliphatic carbocycles. The molecule has 0 atom stereocenters. The molecule has 2 aromatic rings. The molecule has 1 aliphatic rings. The first-order chi connectivity index (χ1) is 10.8. The number of hydrogen-bond donors (Lipinski definition) is 1. The molecule has 116 valence electrons. The molecule has 1 fully saturated rings. The van der Waals surface area contributed by atoms with Gasteiger partial charge in [-0.25, -0.2) is 4.39 Å². The number of nitrogens with one attached hydrogen (secondary N) is 1. The van der Waals surface area contributed by atoms with Crippen LogP contribution in [0.2, 0.25) is 0 Å². The number of halogens is 1. The van der Waals surface area contributed by atoms with Crippen molar-refractivity contribution >= 4 is 11.8 Å². The summed E-state index contributed by atoms with van der Waals surface area (Å²) in [6.07, 6.45) is 2.14. The molecule has 0 bridgehead atoms. The Hall–Kier alpha value is -1.52. The molecule has 2 nitrogen and oxygen atoms in total. The highest BCUT2D eigenvalue weighted by molar-refractivity contribution is 7.99. The molecule has 0 aromatic heterocycles. The zero-order chi connectivity index (χ0) is 15.4. The van der Waals surface area contributed by atoms with Gasteiger partial charge in [-0.2, -0.15) is 0 Å². The van der Waals surface area contributed by atoms with Crippen LogP contribution in [-0.4, -0.2) is 20.2 Å². The van der Waals surface area contributed by atoms with Crippen LogP contribution in [0.25, 0.3) is 0 Å². The molecular formula is C18H20FNOS. The molecule has 0 amide bonds. The van der Waals surface area contributed by atoms with E-state index in [-0.39, 0.29) is 5.82 Å². The number of hydrogen-bond acceptors (Lipinski definition) is 3. The van der Waals surface area contributed by atoms with Crippen LogP contribution >= 0.6 is 11.8 Å². The summed E-state index contributed by atoms with van der Waals surface area (Å²) < 4.78 is 19.5. The molecule has 22 heavy (non-hydrogen) atoms. The first kappa shape index (κ1) is 15.4. The molecule has 1 N–H and O–H groups in total. The SMILES string of the molecule is COc1ccc(Sc2c(F)cccc2C2CCNCC2)cc1. The number of rotatable bonds is 4. The van der Waals surface area contributed by atoms with E-state index in [2.05, 4.69) is 11.4 Å². The van der Waals surface area contributed by atoms with Gasteiger partial charge < -0.3 is 10.1 Å². The molecule has 3 rings (SSSR count). The minimum atomic E-state index is -0.128. The fourth-order valence-corrected chi connectivity index (χ4v) is 3.88. The van der Waals surface area contributed by atoms with E-state index in [4.69, 9.17) is 4.74 Å². The van der Waals surface area contributed by atoms with Gasteiger partial charge >= 0.3 is 0 Å². The maximum absolute atomic E-state index is 14.4. The summed E-state index contributed by atoms with van der Waals surface area (Å²) in [5, 5.41) is 3.37. The van der Waals surface area contributed by atoms with Crippen LogP contribution in [0.15, 0.2) is 52.3 Å². The minimum Gasteiger partial charge on any atom is -0.497 e. The van der Waals surface area contributed by atoms with Gasteiger partial charge in [0.1, 0.15) is 11.6 Å². The summed E-state index contributed by atoms with van der Waals surface area (Å²) in [5.74, 6) is 1.13. The molecule has 2 aromatic carbocycles. The van der Waals surface area contributed by atoms with Crippen molar-refractivity contribution < 1.29 is 9.13 Å². The van der Waals surface area contributed by atoms with Crippen molar-refractivity contribution in [1.29, 1.82) is 0 Å². The average molecular weight is 317 g/mol. The molecule has 4 heteroatoms. The van der Waals surface area contributed by atoms with Gasteiger partial charge in [-0.15, -0.1) is 0 Å². The van der Waals surface area contributed by atoms with Gasteiger partial charge in [-0.1, -0.05) is 23.9 Å². The Kier molecular flexibility index (Phi) is 5.01. The van der Waals surface area contributed by atoms with Crippen LogP contribution in [0.1, 0.15) is 24.3 Å². The summed E-state index contributed by atoms with van der Waals surface area (Å²) in [5.41, 5.74) is 1.14. The van der Waals surface area contributed by atoms with Gasteiger partial charge in [-0.05, 0) is 67.7 Å². The van der Waals surface area contributed by atoms with Crippen molar-refractivity contribution in [2.75, 3.05) is 20.2 Å². The van der Waals surface area contributed by atoms with Crippen molar-refractivity contribution in [3.05, 3.63) is 53.8 Å². The summed E-state index contributed by atoms with van der Waals surface area (Å²) in [6, 6.07) is 13.2. The highest BCUT2D eigenvalue weighted by Crippen LogP contribution is 2.39.